The van der Waals surface area contributed by atoms with Gasteiger partial charge in [-0.15, -0.1) is 5.10 Å². The maximum absolute atomic E-state index is 12.2. The number of rotatable bonds is 3. The van der Waals surface area contributed by atoms with E-state index in [1.165, 1.54) is 0 Å². The van der Waals surface area contributed by atoms with Gasteiger partial charge in [0.2, 0.25) is 5.82 Å². The molecule has 114 valence electrons. The van der Waals surface area contributed by atoms with Crippen LogP contribution in [0.5, 0.6) is 0 Å². The van der Waals surface area contributed by atoms with Crippen LogP contribution in [0.2, 0.25) is 0 Å². The Kier molecular flexibility index (Phi) is 3.85. The van der Waals surface area contributed by atoms with Crippen molar-refractivity contribution in [2.24, 2.45) is 0 Å². The van der Waals surface area contributed by atoms with Gasteiger partial charge < -0.3 is 9.84 Å². The lowest BCUT2D eigenvalue weighted by atomic mass is 9.96. The van der Waals surface area contributed by atoms with Crippen molar-refractivity contribution in [2.75, 3.05) is 0 Å². The van der Waals surface area contributed by atoms with Crippen molar-refractivity contribution in [2.45, 2.75) is 53.0 Å². The summed E-state index contributed by atoms with van der Waals surface area (Å²) in [6.07, 6.45) is 0. The highest BCUT2D eigenvalue weighted by molar-refractivity contribution is 5.90. The molecule has 0 saturated heterocycles. The summed E-state index contributed by atoms with van der Waals surface area (Å²) in [5.41, 5.74) is 1.47. The molecule has 2 aromatic rings. The topological polar surface area (TPSA) is 96.7 Å². The molecule has 1 atom stereocenters. The van der Waals surface area contributed by atoms with Gasteiger partial charge in [-0.3, -0.25) is 9.89 Å². The van der Waals surface area contributed by atoms with Crippen molar-refractivity contribution < 1.29 is 9.32 Å². The van der Waals surface area contributed by atoms with Crippen LogP contribution in [0.4, 0.5) is 0 Å². The predicted molar refractivity (Wildman–Crippen MR) is 76.9 cm³/mol. The molecule has 0 saturated carbocycles. The van der Waals surface area contributed by atoms with E-state index in [4.69, 9.17) is 4.52 Å². The molecule has 0 radical (unpaired) electrons. The minimum Gasteiger partial charge on any atom is -0.361 e. The van der Waals surface area contributed by atoms with Crippen molar-refractivity contribution in [1.29, 1.82) is 0 Å². The first kappa shape index (κ1) is 15.2. The van der Waals surface area contributed by atoms with E-state index in [9.17, 15) is 4.79 Å². The number of hydrogen-bond acceptors (Lipinski definition) is 5. The molecule has 0 aliphatic heterocycles. The third-order valence-corrected chi connectivity index (χ3v) is 3.27. The van der Waals surface area contributed by atoms with E-state index < -0.39 is 0 Å². The zero-order valence-corrected chi connectivity index (χ0v) is 13.2. The second-order valence-electron chi connectivity index (χ2n) is 6.19. The fraction of sp³-hybridized carbons (Fsp3) is 0.571. The van der Waals surface area contributed by atoms with Crippen molar-refractivity contribution in [1.82, 2.24) is 25.7 Å². The minimum absolute atomic E-state index is 0.138. The molecule has 0 aliphatic rings. The maximum atomic E-state index is 12.2. The summed E-state index contributed by atoms with van der Waals surface area (Å²) in [5.74, 6) is 1.19. The molecule has 0 aliphatic carbocycles. The van der Waals surface area contributed by atoms with Crippen molar-refractivity contribution in [3.8, 4) is 0 Å². The third kappa shape index (κ3) is 3.12. The number of carbonyl (C=O) groups excluding carboxylic acids is 1. The fourth-order valence-corrected chi connectivity index (χ4v) is 2.14. The molecule has 7 heteroatoms. The largest absolute Gasteiger partial charge is 0.361 e. The Morgan fingerprint density at radius 2 is 2.00 bits per heavy atom. The minimum atomic E-state index is -0.325. The van der Waals surface area contributed by atoms with E-state index in [0.29, 0.717) is 11.6 Å². The second-order valence-corrected chi connectivity index (χ2v) is 6.19. The standard InChI is InChI=1S/C14H21N5O2/c1-7(10-8(2)19-21-9(10)3)15-12(20)11-16-13(18-17-11)14(4,5)6/h7H,1-6H3,(H,15,20)(H,16,17,18). The molecule has 0 fully saturated rings. The summed E-state index contributed by atoms with van der Waals surface area (Å²) < 4.78 is 5.11. The summed E-state index contributed by atoms with van der Waals surface area (Å²) in [5, 5.41) is 13.5. The highest BCUT2D eigenvalue weighted by Crippen LogP contribution is 2.21. The number of aryl methyl sites for hydroxylation is 2. The lowest BCUT2D eigenvalue weighted by Crippen LogP contribution is -2.28. The Morgan fingerprint density at radius 1 is 1.33 bits per heavy atom. The molecule has 21 heavy (non-hydrogen) atoms. The van der Waals surface area contributed by atoms with Crippen LogP contribution in [0.3, 0.4) is 0 Å². The Labute approximate surface area is 123 Å². The number of amides is 1. The van der Waals surface area contributed by atoms with Crippen molar-refractivity contribution in [3.05, 3.63) is 28.7 Å². The highest BCUT2D eigenvalue weighted by atomic mass is 16.5. The first-order valence-corrected chi connectivity index (χ1v) is 6.86. The first-order valence-electron chi connectivity index (χ1n) is 6.86. The quantitative estimate of drug-likeness (QED) is 0.903. The number of carbonyl (C=O) groups is 1. The van der Waals surface area contributed by atoms with Crippen LogP contribution in [0, 0.1) is 13.8 Å². The average molecular weight is 291 g/mol. The van der Waals surface area contributed by atoms with Gasteiger partial charge >= 0.3 is 0 Å². The number of H-pyrrole nitrogens is 1. The van der Waals surface area contributed by atoms with Crippen LogP contribution in [0.25, 0.3) is 0 Å². The van der Waals surface area contributed by atoms with Crippen molar-refractivity contribution in [3.63, 3.8) is 0 Å². The molecular weight excluding hydrogens is 270 g/mol. The third-order valence-electron chi connectivity index (χ3n) is 3.27. The molecule has 2 aromatic heterocycles. The molecule has 1 amide bonds. The number of aromatic amines is 1. The van der Waals surface area contributed by atoms with E-state index in [1.807, 2.05) is 41.5 Å². The Bertz CT molecular complexity index is 631. The second kappa shape index (κ2) is 5.31. The smallest absolute Gasteiger partial charge is 0.291 e. The van der Waals surface area contributed by atoms with Gasteiger partial charge in [-0.05, 0) is 20.8 Å². The van der Waals surface area contributed by atoms with Crippen LogP contribution < -0.4 is 5.32 Å². The van der Waals surface area contributed by atoms with Gasteiger partial charge in [-0.1, -0.05) is 25.9 Å². The van der Waals surface area contributed by atoms with Gasteiger partial charge in [0.05, 0.1) is 11.7 Å². The van der Waals surface area contributed by atoms with Crippen LogP contribution in [0.15, 0.2) is 4.52 Å². The molecule has 0 aromatic carbocycles. The van der Waals surface area contributed by atoms with E-state index in [1.54, 1.807) is 0 Å². The van der Waals surface area contributed by atoms with Crippen LogP contribution >= 0.6 is 0 Å². The van der Waals surface area contributed by atoms with E-state index in [2.05, 4.69) is 25.7 Å². The number of nitrogens with one attached hydrogen (secondary N) is 2. The predicted octanol–water partition coefficient (Wildman–Crippen LogP) is 2.20. The summed E-state index contributed by atoms with van der Waals surface area (Å²) in [6.45, 7) is 11.5. The molecule has 2 rings (SSSR count). The van der Waals surface area contributed by atoms with Crippen LogP contribution in [-0.2, 0) is 5.41 Å². The molecule has 0 bridgehead atoms. The summed E-state index contributed by atoms with van der Waals surface area (Å²) in [7, 11) is 0. The highest BCUT2D eigenvalue weighted by Gasteiger charge is 2.24. The number of aromatic nitrogens is 4. The van der Waals surface area contributed by atoms with E-state index >= 15 is 0 Å². The van der Waals surface area contributed by atoms with Crippen LogP contribution in [-0.4, -0.2) is 26.2 Å². The Balaban J connectivity index is 2.13. The zero-order chi connectivity index (χ0) is 15.8. The van der Waals surface area contributed by atoms with Gasteiger partial charge in [-0.2, -0.15) is 0 Å². The molecule has 1 unspecified atom stereocenters. The molecule has 7 nitrogen and oxygen atoms in total. The number of nitrogens with zero attached hydrogens (tertiary/aromatic N) is 3. The Hall–Kier alpha value is -2.18. The molecule has 2 N–H and O–H groups in total. The molecule has 2 heterocycles. The van der Waals surface area contributed by atoms with Gasteiger partial charge in [0.25, 0.3) is 5.91 Å². The van der Waals surface area contributed by atoms with Gasteiger partial charge in [0.1, 0.15) is 11.6 Å². The molecular formula is C14H21N5O2. The van der Waals surface area contributed by atoms with E-state index in [-0.39, 0.29) is 23.2 Å². The summed E-state index contributed by atoms with van der Waals surface area (Å²) in [6, 6.07) is -0.222. The monoisotopic (exact) mass is 291 g/mol. The van der Waals surface area contributed by atoms with Gasteiger partial charge in [0, 0.05) is 11.0 Å². The Morgan fingerprint density at radius 3 is 2.48 bits per heavy atom. The average Bonchev–Trinajstić information content (AvgIpc) is 2.96. The first-order chi connectivity index (χ1) is 9.70. The van der Waals surface area contributed by atoms with Gasteiger partial charge in [-0.25, -0.2) is 4.98 Å². The van der Waals surface area contributed by atoms with Gasteiger partial charge in [0.15, 0.2) is 0 Å². The molecule has 0 spiro atoms. The summed E-state index contributed by atoms with van der Waals surface area (Å²) >= 11 is 0. The zero-order valence-electron chi connectivity index (χ0n) is 13.2. The maximum Gasteiger partial charge on any atom is 0.291 e. The number of hydrogen-bond donors (Lipinski definition) is 2. The van der Waals surface area contributed by atoms with Crippen molar-refractivity contribution >= 4 is 5.91 Å². The normalized spacial score (nSPS) is 13.2. The lowest BCUT2D eigenvalue weighted by molar-refractivity contribution is 0.0929. The summed E-state index contributed by atoms with van der Waals surface area (Å²) in [4.78, 5) is 16.4. The SMILES string of the molecule is Cc1noc(C)c1C(C)NC(=O)c1n[nH]c(C(C)(C)C)n1. The lowest BCUT2D eigenvalue weighted by Gasteiger charge is -2.13. The van der Waals surface area contributed by atoms with Crippen LogP contribution in [0.1, 0.15) is 67.2 Å². The van der Waals surface area contributed by atoms with E-state index in [0.717, 1.165) is 11.3 Å². The fourth-order valence-electron chi connectivity index (χ4n) is 2.14.